The molecule has 0 heterocycles. The van der Waals surface area contributed by atoms with E-state index in [-0.39, 0.29) is 0 Å². The van der Waals surface area contributed by atoms with E-state index in [0.717, 1.165) is 17.9 Å². The third-order valence-corrected chi connectivity index (χ3v) is 4.59. The van der Waals surface area contributed by atoms with Gasteiger partial charge >= 0.3 is 0 Å². The Bertz CT molecular complexity index is 580. The first-order valence-corrected chi connectivity index (χ1v) is 8.05. The lowest BCUT2D eigenvalue weighted by molar-refractivity contribution is 0.762. The number of rotatable bonds is 3. The number of hydrogen-bond donors (Lipinski definition) is 1. The van der Waals surface area contributed by atoms with Crippen LogP contribution < -0.4 is 5.32 Å². The van der Waals surface area contributed by atoms with E-state index in [4.69, 9.17) is 11.6 Å². The fourth-order valence-corrected chi connectivity index (χ4v) is 3.23. The zero-order valence-corrected chi connectivity index (χ0v) is 12.4. The van der Waals surface area contributed by atoms with E-state index in [1.165, 1.54) is 21.7 Å². The first kappa shape index (κ1) is 12.9. The van der Waals surface area contributed by atoms with Crippen LogP contribution in [0.4, 0.5) is 5.69 Å². The quantitative estimate of drug-likeness (QED) is 0.783. The van der Waals surface area contributed by atoms with Gasteiger partial charge in [-0.15, -0.1) is 11.8 Å². The monoisotopic (exact) mass is 289 g/mol. The Balaban J connectivity index is 1.78. The molecule has 0 fully saturated rings. The maximum absolute atomic E-state index is 6.04. The molecular formula is C16H16ClNS. The lowest BCUT2D eigenvalue weighted by atomic mass is 10.1. The maximum Gasteiger partial charge on any atom is 0.0519 e. The summed E-state index contributed by atoms with van der Waals surface area (Å²) in [4.78, 5) is 1.30. The Kier molecular flexibility index (Phi) is 3.72. The number of nitrogens with one attached hydrogen (secondary N) is 1. The van der Waals surface area contributed by atoms with Crippen LogP contribution in [0.2, 0.25) is 5.02 Å². The first-order chi connectivity index (χ1) is 9.26. The van der Waals surface area contributed by atoms with Crippen molar-refractivity contribution in [2.75, 3.05) is 11.6 Å². The van der Waals surface area contributed by atoms with Crippen molar-refractivity contribution in [3.63, 3.8) is 0 Å². The van der Waals surface area contributed by atoms with Crippen molar-refractivity contribution >= 4 is 29.1 Å². The highest BCUT2D eigenvalue weighted by atomic mass is 35.5. The van der Waals surface area contributed by atoms with Crippen molar-refractivity contribution < 1.29 is 0 Å². The van der Waals surface area contributed by atoms with Gasteiger partial charge in [0.1, 0.15) is 0 Å². The SMILES string of the molecule is CSc1ccc(NC2CCc3cc(Cl)ccc32)cc1. The predicted molar refractivity (Wildman–Crippen MR) is 84.4 cm³/mol. The Hall–Kier alpha value is -1.12. The third-order valence-electron chi connectivity index (χ3n) is 3.61. The van der Waals surface area contributed by atoms with E-state index in [1.54, 1.807) is 11.8 Å². The van der Waals surface area contributed by atoms with Gasteiger partial charge in [0.15, 0.2) is 0 Å². The van der Waals surface area contributed by atoms with Gasteiger partial charge in [-0.3, -0.25) is 0 Å². The van der Waals surface area contributed by atoms with Gasteiger partial charge in [-0.05, 0) is 66.6 Å². The van der Waals surface area contributed by atoms with Crippen LogP contribution in [0.25, 0.3) is 0 Å². The molecule has 2 aromatic carbocycles. The molecule has 3 rings (SSSR count). The van der Waals surface area contributed by atoms with Crippen molar-refractivity contribution in [1.82, 2.24) is 0 Å². The molecule has 1 atom stereocenters. The fourth-order valence-electron chi connectivity index (χ4n) is 2.62. The number of fused-ring (bicyclic) bond motifs is 1. The van der Waals surface area contributed by atoms with Gasteiger partial charge in [0.25, 0.3) is 0 Å². The molecule has 1 aliphatic carbocycles. The van der Waals surface area contributed by atoms with Crippen LogP contribution in [-0.2, 0) is 6.42 Å². The van der Waals surface area contributed by atoms with Crippen LogP contribution in [0.3, 0.4) is 0 Å². The Labute approximate surface area is 123 Å². The molecular weight excluding hydrogens is 274 g/mol. The van der Waals surface area contributed by atoms with E-state index >= 15 is 0 Å². The van der Waals surface area contributed by atoms with E-state index < -0.39 is 0 Å². The number of hydrogen-bond acceptors (Lipinski definition) is 2. The fraction of sp³-hybridized carbons (Fsp3) is 0.250. The van der Waals surface area contributed by atoms with Gasteiger partial charge in [0.2, 0.25) is 0 Å². The minimum atomic E-state index is 0.410. The van der Waals surface area contributed by atoms with Gasteiger partial charge in [0, 0.05) is 15.6 Å². The van der Waals surface area contributed by atoms with Crippen LogP contribution in [0.5, 0.6) is 0 Å². The minimum absolute atomic E-state index is 0.410. The summed E-state index contributed by atoms with van der Waals surface area (Å²) >= 11 is 7.81. The van der Waals surface area contributed by atoms with Crippen molar-refractivity contribution in [1.29, 1.82) is 0 Å². The van der Waals surface area contributed by atoms with E-state index in [2.05, 4.69) is 48.0 Å². The second-order valence-electron chi connectivity index (χ2n) is 4.81. The molecule has 98 valence electrons. The first-order valence-electron chi connectivity index (χ1n) is 6.45. The second-order valence-corrected chi connectivity index (χ2v) is 6.12. The molecule has 2 aromatic rings. The summed E-state index contributed by atoms with van der Waals surface area (Å²) in [6.07, 6.45) is 4.34. The van der Waals surface area contributed by atoms with Gasteiger partial charge in [-0.2, -0.15) is 0 Å². The molecule has 0 amide bonds. The van der Waals surface area contributed by atoms with Crippen LogP contribution in [0.1, 0.15) is 23.6 Å². The zero-order valence-electron chi connectivity index (χ0n) is 10.8. The number of halogens is 1. The smallest absolute Gasteiger partial charge is 0.0519 e. The molecule has 1 unspecified atom stereocenters. The summed E-state index contributed by atoms with van der Waals surface area (Å²) in [5.74, 6) is 0. The van der Waals surface area contributed by atoms with E-state index in [9.17, 15) is 0 Å². The van der Waals surface area contributed by atoms with Crippen LogP contribution in [-0.4, -0.2) is 6.26 Å². The Morgan fingerprint density at radius 1 is 1.16 bits per heavy atom. The van der Waals surface area contributed by atoms with Gasteiger partial charge in [0.05, 0.1) is 6.04 Å². The average molecular weight is 290 g/mol. The van der Waals surface area contributed by atoms with Gasteiger partial charge in [-0.25, -0.2) is 0 Å². The lowest BCUT2D eigenvalue weighted by Crippen LogP contribution is -2.06. The van der Waals surface area contributed by atoms with E-state index in [1.807, 2.05) is 6.07 Å². The third kappa shape index (κ3) is 2.75. The standard InChI is InChI=1S/C16H16ClNS/c1-19-14-6-4-13(5-7-14)18-16-9-2-11-10-12(17)3-8-15(11)16/h3-8,10,16,18H,2,9H2,1H3. The molecule has 0 spiro atoms. The average Bonchev–Trinajstić information content (AvgIpc) is 2.82. The van der Waals surface area contributed by atoms with E-state index in [0.29, 0.717) is 6.04 Å². The summed E-state index contributed by atoms with van der Waals surface area (Å²) in [6.45, 7) is 0. The molecule has 0 aliphatic heterocycles. The molecule has 0 aromatic heterocycles. The van der Waals surface area contributed by atoms with Crippen LogP contribution in [0.15, 0.2) is 47.4 Å². The number of anilines is 1. The molecule has 0 saturated carbocycles. The lowest BCUT2D eigenvalue weighted by Gasteiger charge is -2.16. The summed E-state index contributed by atoms with van der Waals surface area (Å²) in [6, 6.07) is 15.3. The summed E-state index contributed by atoms with van der Waals surface area (Å²) < 4.78 is 0. The molecule has 19 heavy (non-hydrogen) atoms. The Morgan fingerprint density at radius 3 is 2.68 bits per heavy atom. The molecule has 0 radical (unpaired) electrons. The highest BCUT2D eigenvalue weighted by Crippen LogP contribution is 2.35. The normalized spacial score (nSPS) is 17.3. The molecule has 1 nitrogen and oxygen atoms in total. The minimum Gasteiger partial charge on any atom is -0.378 e. The van der Waals surface area contributed by atoms with Crippen molar-refractivity contribution in [3.05, 3.63) is 58.6 Å². The van der Waals surface area contributed by atoms with Crippen molar-refractivity contribution in [2.24, 2.45) is 0 Å². The molecule has 1 N–H and O–H groups in total. The summed E-state index contributed by atoms with van der Waals surface area (Å²) in [5, 5.41) is 4.45. The molecule has 0 bridgehead atoms. The second kappa shape index (κ2) is 5.48. The zero-order chi connectivity index (χ0) is 13.2. The molecule has 1 aliphatic rings. The summed E-state index contributed by atoms with van der Waals surface area (Å²) in [7, 11) is 0. The number of aryl methyl sites for hydroxylation is 1. The Morgan fingerprint density at radius 2 is 1.95 bits per heavy atom. The number of benzene rings is 2. The van der Waals surface area contributed by atoms with Crippen molar-refractivity contribution in [3.8, 4) is 0 Å². The molecule has 0 saturated heterocycles. The van der Waals surface area contributed by atoms with Crippen molar-refractivity contribution in [2.45, 2.75) is 23.8 Å². The predicted octanol–water partition coefficient (Wildman–Crippen LogP) is 5.16. The maximum atomic E-state index is 6.04. The topological polar surface area (TPSA) is 12.0 Å². The highest BCUT2D eigenvalue weighted by molar-refractivity contribution is 7.98. The van der Waals surface area contributed by atoms with Crippen LogP contribution >= 0.6 is 23.4 Å². The largest absolute Gasteiger partial charge is 0.378 e. The molecule has 3 heteroatoms. The van der Waals surface area contributed by atoms with Gasteiger partial charge < -0.3 is 5.32 Å². The highest BCUT2D eigenvalue weighted by Gasteiger charge is 2.22. The van der Waals surface area contributed by atoms with Gasteiger partial charge in [-0.1, -0.05) is 17.7 Å². The van der Waals surface area contributed by atoms with Crippen LogP contribution in [0, 0.1) is 0 Å². The number of thioether (sulfide) groups is 1. The summed E-state index contributed by atoms with van der Waals surface area (Å²) in [5.41, 5.74) is 3.95.